The molecule has 7 aromatic carbocycles. The molecule has 0 saturated carbocycles. The predicted octanol–water partition coefficient (Wildman–Crippen LogP) is 12.0. The van der Waals surface area contributed by atoms with E-state index in [0.29, 0.717) is 11.1 Å². The molecule has 3 heterocycles. The minimum Gasteiger partial charge on any atom is -0.455 e. The summed E-state index contributed by atoms with van der Waals surface area (Å²) in [5.41, 5.74) is 2.77. The van der Waals surface area contributed by atoms with Gasteiger partial charge in [0.15, 0.2) is 17.5 Å². The average molecular weight is 641 g/mol. The van der Waals surface area contributed by atoms with Crippen LogP contribution < -0.4 is 0 Å². The molecule has 0 atom stereocenters. The quantitative estimate of drug-likeness (QED) is 0.192. The van der Waals surface area contributed by atoms with Crippen LogP contribution in [0.1, 0.15) is 12.3 Å². The molecule has 10 aromatic rings. The summed E-state index contributed by atoms with van der Waals surface area (Å²) in [5, 5.41) is 1.46. The number of aromatic nitrogens is 3. The normalized spacial score (nSPS) is 14.4. The number of rotatable bonds is 4. The van der Waals surface area contributed by atoms with Crippen molar-refractivity contribution in [3.63, 3.8) is 0 Å². The minimum absolute atomic E-state index is 0.0586. The van der Waals surface area contributed by atoms with Crippen molar-refractivity contribution >= 4 is 64.2 Å². The van der Waals surface area contributed by atoms with Gasteiger partial charge in [0.1, 0.15) is 11.2 Å². The Labute approximate surface area is 292 Å². The molecule has 0 aliphatic carbocycles. The highest BCUT2D eigenvalue weighted by Gasteiger charge is 2.19. The van der Waals surface area contributed by atoms with Crippen molar-refractivity contribution in [3.05, 3.63) is 151 Å². The van der Waals surface area contributed by atoms with Crippen LogP contribution in [0, 0.1) is 0 Å². The second kappa shape index (κ2) is 10.7. The molecule has 0 N–H and O–H groups in total. The zero-order chi connectivity index (χ0) is 39.4. The number of hydrogen-bond acceptors (Lipinski definition) is 5. The van der Waals surface area contributed by atoms with E-state index in [4.69, 9.17) is 29.0 Å². The highest BCUT2D eigenvalue weighted by Crippen LogP contribution is 2.43. The maximum absolute atomic E-state index is 9.61. The summed E-state index contributed by atoms with van der Waals surface area (Å²) in [5.74, 6) is 0.494. The highest BCUT2D eigenvalue weighted by atomic mass is 32.1. The SMILES string of the molecule is [2H]c1c(-c2nc(-c3ccccc3)nc(-c3cc(-c4ccccc4)cc4sc5ccccc5c34)n2)c([2H])c2c(oc3c4c([2H])c([2H])c([2H])c([2H])c4c([2H])c([2H])c32)c1[2H]. The lowest BCUT2D eigenvalue weighted by atomic mass is 9.98. The summed E-state index contributed by atoms with van der Waals surface area (Å²) in [7, 11) is 0. The molecule has 3 aromatic heterocycles. The van der Waals surface area contributed by atoms with Gasteiger partial charge in [0, 0.05) is 53.0 Å². The van der Waals surface area contributed by atoms with Crippen molar-refractivity contribution in [2.75, 3.05) is 0 Å². The van der Waals surface area contributed by atoms with E-state index in [1.165, 1.54) is 0 Å². The molecular formula is C43H25N3OS. The van der Waals surface area contributed by atoms with Gasteiger partial charge in [-0.05, 0) is 58.9 Å². The largest absolute Gasteiger partial charge is 0.455 e. The summed E-state index contributed by atoms with van der Waals surface area (Å²) in [6.45, 7) is 0. The van der Waals surface area contributed by atoms with Crippen molar-refractivity contribution < 1.29 is 16.8 Å². The third kappa shape index (κ3) is 4.33. The van der Waals surface area contributed by atoms with E-state index in [9.17, 15) is 2.74 Å². The first-order chi connectivity index (χ1) is 27.5. The predicted molar refractivity (Wildman–Crippen MR) is 199 cm³/mol. The molecule has 48 heavy (non-hydrogen) atoms. The van der Waals surface area contributed by atoms with E-state index < -0.39 is 48.3 Å². The molecule has 4 nitrogen and oxygen atoms in total. The third-order valence-corrected chi connectivity index (χ3v) is 9.52. The lowest BCUT2D eigenvalue weighted by Gasteiger charge is -2.11. The summed E-state index contributed by atoms with van der Waals surface area (Å²) >= 11 is 1.65. The molecule has 0 fully saturated rings. The number of furan rings is 1. The molecule has 0 radical (unpaired) electrons. The fourth-order valence-corrected chi connectivity index (χ4v) is 7.35. The van der Waals surface area contributed by atoms with Gasteiger partial charge in [0.05, 0.1) is 12.3 Å². The van der Waals surface area contributed by atoms with Crippen LogP contribution in [0.25, 0.3) is 98.2 Å². The Morgan fingerprint density at radius 3 is 2.10 bits per heavy atom. The van der Waals surface area contributed by atoms with Gasteiger partial charge in [-0.2, -0.15) is 0 Å². The fourth-order valence-electron chi connectivity index (χ4n) is 6.18. The molecule has 0 unspecified atom stereocenters. The Bertz CT molecular complexity index is 3350. The van der Waals surface area contributed by atoms with Gasteiger partial charge in [-0.1, -0.05) is 109 Å². The highest BCUT2D eigenvalue weighted by molar-refractivity contribution is 7.26. The van der Waals surface area contributed by atoms with E-state index in [0.717, 1.165) is 31.3 Å². The van der Waals surface area contributed by atoms with E-state index in [-0.39, 0.29) is 61.8 Å². The number of hydrogen-bond donors (Lipinski definition) is 0. The van der Waals surface area contributed by atoms with Gasteiger partial charge in [-0.3, -0.25) is 0 Å². The first-order valence-electron chi connectivity index (χ1n) is 19.7. The maximum atomic E-state index is 9.61. The Morgan fingerprint density at radius 1 is 0.521 bits per heavy atom. The molecular weight excluding hydrogens is 607 g/mol. The molecule has 0 aliphatic rings. The van der Waals surface area contributed by atoms with Gasteiger partial charge in [0.2, 0.25) is 0 Å². The van der Waals surface area contributed by atoms with Gasteiger partial charge >= 0.3 is 0 Å². The Balaban J connectivity index is 1.32. The second-order valence-corrected chi connectivity index (χ2v) is 12.4. The molecule has 0 saturated heterocycles. The van der Waals surface area contributed by atoms with Crippen LogP contribution in [0.2, 0.25) is 0 Å². The number of nitrogens with zero attached hydrogens (tertiary/aromatic N) is 3. The minimum atomic E-state index is -0.559. The first-order valence-corrected chi connectivity index (χ1v) is 16.0. The van der Waals surface area contributed by atoms with E-state index in [1.807, 2.05) is 78.9 Å². The van der Waals surface area contributed by atoms with Crippen molar-refractivity contribution in [2.45, 2.75) is 0 Å². The number of benzene rings is 7. The maximum Gasteiger partial charge on any atom is 0.164 e. The number of fused-ring (bicyclic) bond motifs is 8. The average Bonchev–Trinajstić information content (AvgIpc) is 3.83. The monoisotopic (exact) mass is 640 g/mol. The fraction of sp³-hybridized carbons (Fsp3) is 0. The van der Waals surface area contributed by atoms with Gasteiger partial charge in [0.25, 0.3) is 0 Å². The summed E-state index contributed by atoms with van der Waals surface area (Å²) < 4.78 is 87.8. The Morgan fingerprint density at radius 2 is 1.25 bits per heavy atom. The van der Waals surface area contributed by atoms with Gasteiger partial charge in [-0.25, -0.2) is 15.0 Å². The zero-order valence-corrected chi connectivity index (χ0v) is 25.7. The molecule has 0 bridgehead atoms. The van der Waals surface area contributed by atoms with E-state index >= 15 is 0 Å². The lowest BCUT2D eigenvalue weighted by Crippen LogP contribution is -2.00. The number of thiophene rings is 1. The van der Waals surface area contributed by atoms with Crippen LogP contribution in [-0.4, -0.2) is 15.0 Å². The van der Waals surface area contributed by atoms with Crippen LogP contribution in [0.15, 0.2) is 156 Å². The van der Waals surface area contributed by atoms with Crippen molar-refractivity contribution in [1.29, 1.82) is 0 Å². The van der Waals surface area contributed by atoms with Crippen molar-refractivity contribution in [2.24, 2.45) is 0 Å². The molecule has 0 spiro atoms. The van der Waals surface area contributed by atoms with Crippen LogP contribution in [-0.2, 0) is 0 Å². The van der Waals surface area contributed by atoms with E-state index in [1.54, 1.807) is 11.3 Å². The summed E-state index contributed by atoms with van der Waals surface area (Å²) in [4.78, 5) is 14.8. The van der Waals surface area contributed by atoms with Gasteiger partial charge < -0.3 is 4.42 Å². The van der Waals surface area contributed by atoms with Crippen molar-refractivity contribution in [1.82, 2.24) is 15.0 Å². The smallest absolute Gasteiger partial charge is 0.164 e. The second-order valence-electron chi connectivity index (χ2n) is 11.3. The van der Waals surface area contributed by atoms with Crippen LogP contribution in [0.5, 0.6) is 0 Å². The van der Waals surface area contributed by atoms with Crippen LogP contribution in [0.4, 0.5) is 0 Å². The molecule has 10 rings (SSSR count). The lowest BCUT2D eigenvalue weighted by molar-refractivity contribution is 0.672. The topological polar surface area (TPSA) is 51.8 Å². The van der Waals surface area contributed by atoms with Crippen LogP contribution in [0.3, 0.4) is 0 Å². The van der Waals surface area contributed by atoms with E-state index in [2.05, 4.69) is 18.2 Å². The zero-order valence-electron chi connectivity index (χ0n) is 33.9. The summed E-state index contributed by atoms with van der Waals surface area (Å²) in [6.07, 6.45) is 0. The Hall–Kier alpha value is -6.17. The molecule has 5 heteroatoms. The first kappa shape index (κ1) is 19.5. The van der Waals surface area contributed by atoms with Crippen molar-refractivity contribution in [3.8, 4) is 45.3 Å². The molecule has 0 aliphatic heterocycles. The molecule has 224 valence electrons. The van der Waals surface area contributed by atoms with Crippen LogP contribution >= 0.6 is 11.3 Å². The van der Waals surface area contributed by atoms with Gasteiger partial charge in [-0.15, -0.1) is 11.3 Å². The third-order valence-electron chi connectivity index (χ3n) is 8.40. The summed E-state index contributed by atoms with van der Waals surface area (Å²) in [6, 6.07) is 27.3. The molecule has 0 amide bonds. The Kier molecular flexibility index (Phi) is 4.34. The standard InChI is InChI=1S/C43H25N3OS/c1-3-11-26(12-4-1)30-24-35(39-33-17-9-10-18-37(33)48-38(39)25-30)43-45-41(28-14-5-2-6-15-28)44-42(46-43)29-20-22-36-34(23-29)32-21-19-27-13-7-8-16-31(27)40(32)47-36/h1-25H/i7D,8D,13D,16D,19D,20D,21D,22D,23D.